The van der Waals surface area contributed by atoms with Crippen LogP contribution >= 0.6 is 0 Å². The molecule has 1 N–H and O–H groups in total. The molecule has 32 heavy (non-hydrogen) atoms. The number of hydrogen-bond donors (Lipinski definition) is 1. The summed E-state index contributed by atoms with van der Waals surface area (Å²) in [6, 6.07) is 0. The second kappa shape index (κ2) is 13.7. The van der Waals surface area contributed by atoms with Crippen LogP contribution in [0.25, 0.3) is 0 Å². The van der Waals surface area contributed by atoms with Gasteiger partial charge in [-0.25, -0.2) is 0 Å². The first-order chi connectivity index (χ1) is 15.0. The van der Waals surface area contributed by atoms with E-state index in [9.17, 15) is 24.0 Å². The monoisotopic (exact) mass is 459 g/mol. The van der Waals surface area contributed by atoms with Gasteiger partial charge in [0.1, 0.15) is 12.7 Å². The summed E-state index contributed by atoms with van der Waals surface area (Å²) >= 11 is 0. The summed E-state index contributed by atoms with van der Waals surface area (Å²) in [7, 11) is 0. The fourth-order valence-corrected chi connectivity index (χ4v) is 3.36. The highest BCUT2D eigenvalue weighted by Gasteiger charge is 2.43. The highest BCUT2D eigenvalue weighted by molar-refractivity contribution is 5.69. The lowest BCUT2D eigenvalue weighted by molar-refractivity contribution is -0.203. The molecule has 0 aliphatic carbocycles. The fourth-order valence-electron chi connectivity index (χ4n) is 3.36. The Bertz CT molecular complexity index is 675. The quantitative estimate of drug-likeness (QED) is 0.306. The maximum Gasteiger partial charge on any atom is 0.303 e. The Morgan fingerprint density at radius 1 is 0.719 bits per heavy atom. The van der Waals surface area contributed by atoms with Gasteiger partial charge in [0.15, 0.2) is 18.3 Å². The summed E-state index contributed by atoms with van der Waals surface area (Å²) in [5.41, 5.74) is 0. The van der Waals surface area contributed by atoms with Crippen LogP contribution in [0, 0.1) is 5.92 Å². The molecule has 0 radical (unpaired) electrons. The highest BCUT2D eigenvalue weighted by atomic mass is 16.6. The van der Waals surface area contributed by atoms with Gasteiger partial charge in [-0.1, -0.05) is 0 Å². The number of hydrogen-bond acceptors (Lipinski definition) is 11. The molecule has 0 unspecified atom stereocenters. The van der Waals surface area contributed by atoms with Gasteiger partial charge in [-0.05, 0) is 38.3 Å². The molecule has 182 valence electrons. The molecule has 1 aliphatic heterocycles. The lowest BCUT2D eigenvalue weighted by Gasteiger charge is -2.35. The van der Waals surface area contributed by atoms with E-state index in [1.165, 1.54) is 6.92 Å². The number of carbonyl (C=O) groups excluding carboxylic acids is 5. The highest BCUT2D eigenvalue weighted by Crippen LogP contribution is 2.24. The summed E-state index contributed by atoms with van der Waals surface area (Å²) in [5, 5.41) is 3.17. The summed E-state index contributed by atoms with van der Waals surface area (Å²) in [5.74, 6) is -2.98. The zero-order chi connectivity index (χ0) is 24.3. The third-order valence-corrected chi connectivity index (χ3v) is 4.71. The third-order valence-electron chi connectivity index (χ3n) is 4.71. The van der Waals surface area contributed by atoms with Crippen molar-refractivity contribution in [1.82, 2.24) is 5.32 Å². The van der Waals surface area contributed by atoms with Gasteiger partial charge in [0.2, 0.25) is 0 Å². The minimum atomic E-state index is -1.38. The van der Waals surface area contributed by atoms with Crippen LogP contribution in [0.2, 0.25) is 0 Å². The maximum absolute atomic E-state index is 11.9. The third kappa shape index (κ3) is 10.6. The molecule has 0 bridgehead atoms. The molecule has 0 aromatic carbocycles. The summed E-state index contributed by atoms with van der Waals surface area (Å²) in [6.45, 7) is 7.11. The predicted octanol–water partition coefficient (Wildman–Crippen LogP) is 0.666. The van der Waals surface area contributed by atoms with Gasteiger partial charge in [0.25, 0.3) is 0 Å². The molecule has 0 amide bonds. The van der Waals surface area contributed by atoms with Crippen LogP contribution in [0.3, 0.4) is 0 Å². The second-order valence-electron chi connectivity index (χ2n) is 7.70. The van der Waals surface area contributed by atoms with Crippen LogP contribution in [-0.2, 0) is 47.7 Å². The van der Waals surface area contributed by atoms with Crippen LogP contribution in [0.1, 0.15) is 53.9 Å². The molecule has 1 fully saturated rings. The van der Waals surface area contributed by atoms with Gasteiger partial charge < -0.3 is 29.0 Å². The van der Waals surface area contributed by atoms with Crippen LogP contribution in [0.4, 0.5) is 0 Å². The number of ether oxygens (including phenoxy) is 5. The molecule has 1 rings (SSSR count). The fraction of sp³-hybridized carbons (Fsp3) is 0.762. The molecule has 1 saturated heterocycles. The summed E-state index contributed by atoms with van der Waals surface area (Å²) in [6.07, 6.45) is -3.13. The molecule has 0 aromatic heterocycles. The lowest BCUT2D eigenvalue weighted by Crippen LogP contribution is -2.53. The van der Waals surface area contributed by atoms with Crippen molar-refractivity contribution in [1.29, 1.82) is 0 Å². The maximum atomic E-state index is 11.9. The average molecular weight is 459 g/mol. The number of nitrogens with one attached hydrogen (secondary N) is 1. The van der Waals surface area contributed by atoms with E-state index in [1.807, 2.05) is 0 Å². The minimum absolute atomic E-state index is 0.312. The first-order valence-electron chi connectivity index (χ1n) is 10.5. The van der Waals surface area contributed by atoms with Crippen molar-refractivity contribution in [3.8, 4) is 0 Å². The van der Waals surface area contributed by atoms with Crippen molar-refractivity contribution in [3.63, 3.8) is 0 Å². The summed E-state index contributed by atoms with van der Waals surface area (Å²) in [4.78, 5) is 58.5. The zero-order valence-electron chi connectivity index (χ0n) is 19.2. The van der Waals surface area contributed by atoms with Crippen molar-refractivity contribution in [3.05, 3.63) is 0 Å². The van der Waals surface area contributed by atoms with Crippen LogP contribution < -0.4 is 5.32 Å². The van der Waals surface area contributed by atoms with Crippen molar-refractivity contribution in [2.75, 3.05) is 19.7 Å². The van der Waals surface area contributed by atoms with E-state index < -0.39 is 60.9 Å². The first kappa shape index (κ1) is 27.3. The standard InChI is InChI=1S/C21H33NO10/c1-12(23)28-11-19(30-14(3)25)21(32-16(5)27)20(31-15(4)26)18(29-13(2)24)8-6-7-17-9-22-10-17/h17-22H,6-11H2,1-5H3/t18-,19+,20+,21+/m0/s1. The van der Waals surface area contributed by atoms with Gasteiger partial charge in [-0.15, -0.1) is 0 Å². The van der Waals surface area contributed by atoms with Gasteiger partial charge in [-0.3, -0.25) is 24.0 Å². The van der Waals surface area contributed by atoms with E-state index in [-0.39, 0.29) is 0 Å². The Morgan fingerprint density at radius 3 is 1.59 bits per heavy atom. The molecule has 11 nitrogen and oxygen atoms in total. The first-order valence-corrected chi connectivity index (χ1v) is 10.5. The largest absolute Gasteiger partial charge is 0.462 e. The zero-order valence-corrected chi connectivity index (χ0v) is 19.2. The Labute approximate surface area is 187 Å². The Morgan fingerprint density at radius 2 is 1.19 bits per heavy atom. The van der Waals surface area contributed by atoms with Crippen LogP contribution in [0.15, 0.2) is 0 Å². The molecule has 1 heterocycles. The Balaban J connectivity index is 3.22. The van der Waals surface area contributed by atoms with E-state index in [4.69, 9.17) is 23.7 Å². The van der Waals surface area contributed by atoms with Gasteiger partial charge in [0, 0.05) is 34.6 Å². The lowest BCUT2D eigenvalue weighted by atomic mass is 9.92. The van der Waals surface area contributed by atoms with Crippen molar-refractivity contribution >= 4 is 29.8 Å². The summed E-state index contributed by atoms with van der Waals surface area (Å²) < 4.78 is 26.3. The molecule has 11 heteroatoms. The van der Waals surface area contributed by atoms with Crippen molar-refractivity contribution < 1.29 is 47.7 Å². The molecule has 0 aromatic rings. The number of esters is 5. The topological polar surface area (TPSA) is 144 Å². The van der Waals surface area contributed by atoms with Gasteiger partial charge in [-0.2, -0.15) is 0 Å². The predicted molar refractivity (Wildman–Crippen MR) is 109 cm³/mol. The van der Waals surface area contributed by atoms with Crippen molar-refractivity contribution in [2.24, 2.45) is 5.92 Å². The van der Waals surface area contributed by atoms with Gasteiger partial charge in [0.05, 0.1) is 0 Å². The molecule has 1 aliphatic rings. The van der Waals surface area contributed by atoms with E-state index in [0.29, 0.717) is 18.8 Å². The number of rotatable bonds is 13. The van der Waals surface area contributed by atoms with E-state index in [1.54, 1.807) is 0 Å². The molecular formula is C21H33NO10. The van der Waals surface area contributed by atoms with Crippen LogP contribution in [-0.4, -0.2) is 74.0 Å². The van der Waals surface area contributed by atoms with Crippen molar-refractivity contribution in [2.45, 2.75) is 78.3 Å². The Kier molecular flexibility index (Phi) is 11.7. The molecule has 4 atom stereocenters. The minimum Gasteiger partial charge on any atom is -0.462 e. The molecule has 0 spiro atoms. The number of carbonyl (C=O) groups is 5. The molecular weight excluding hydrogens is 426 g/mol. The normalized spacial score (nSPS) is 17.0. The van der Waals surface area contributed by atoms with E-state index in [0.717, 1.165) is 47.2 Å². The smallest absolute Gasteiger partial charge is 0.303 e. The average Bonchev–Trinajstić information content (AvgIpc) is 2.61. The van der Waals surface area contributed by atoms with Crippen LogP contribution in [0.5, 0.6) is 0 Å². The van der Waals surface area contributed by atoms with E-state index in [2.05, 4.69) is 5.32 Å². The second-order valence-corrected chi connectivity index (χ2v) is 7.70. The molecule has 0 saturated carbocycles. The Hall–Kier alpha value is -2.69. The van der Waals surface area contributed by atoms with Gasteiger partial charge >= 0.3 is 29.8 Å². The SMILES string of the molecule is CC(=O)OC[C@@H](OC(C)=O)[C@@H](OC(C)=O)[C@H](OC(C)=O)[C@H](CCCC1CNC1)OC(C)=O. The van der Waals surface area contributed by atoms with E-state index >= 15 is 0 Å².